The molecular weight excluding hydrogens is 725 g/mol. The summed E-state index contributed by atoms with van der Waals surface area (Å²) in [4.78, 5) is 0. The summed E-state index contributed by atoms with van der Waals surface area (Å²) in [5.41, 5.74) is 15.1. The van der Waals surface area contributed by atoms with E-state index in [9.17, 15) is 0 Å². The van der Waals surface area contributed by atoms with E-state index in [1.165, 1.54) is 120 Å². The summed E-state index contributed by atoms with van der Waals surface area (Å²) in [5, 5.41) is 12.7. The molecule has 12 aromatic rings. The van der Waals surface area contributed by atoms with Gasteiger partial charge >= 0.3 is 0 Å². The van der Waals surface area contributed by atoms with Crippen molar-refractivity contribution in [3.05, 3.63) is 194 Å². The Bertz CT molecular complexity index is 3500. The minimum absolute atomic E-state index is 0.929. The molecule has 0 radical (unpaired) electrons. The van der Waals surface area contributed by atoms with Crippen molar-refractivity contribution in [2.45, 2.75) is 26.9 Å². The normalized spacial score (nSPS) is 12.0. The Balaban J connectivity index is 1.16. The highest BCUT2D eigenvalue weighted by molar-refractivity contribution is 6.22. The molecule has 60 heavy (non-hydrogen) atoms. The van der Waals surface area contributed by atoms with Gasteiger partial charge < -0.3 is 9.13 Å². The van der Waals surface area contributed by atoms with Crippen LogP contribution in [0.3, 0.4) is 0 Å². The van der Waals surface area contributed by atoms with E-state index < -0.39 is 0 Å². The molecule has 2 aromatic heterocycles. The first kappa shape index (κ1) is 34.6. The molecule has 2 heteroatoms. The zero-order valence-corrected chi connectivity index (χ0v) is 33.8. The Labute approximate surface area is 349 Å². The van der Waals surface area contributed by atoms with Gasteiger partial charge in [0.05, 0.1) is 0 Å². The number of para-hydroxylation sites is 2. The molecule has 0 spiro atoms. The Hall–Kier alpha value is -7.42. The van der Waals surface area contributed by atoms with Crippen LogP contribution in [0.2, 0.25) is 0 Å². The minimum atomic E-state index is 0.929. The van der Waals surface area contributed by atoms with Crippen LogP contribution in [-0.2, 0) is 13.1 Å². The molecule has 0 amide bonds. The van der Waals surface area contributed by atoms with Gasteiger partial charge in [0.25, 0.3) is 0 Å². The molecule has 0 fully saturated rings. The molecule has 0 bridgehead atoms. The van der Waals surface area contributed by atoms with Crippen LogP contribution in [0.5, 0.6) is 0 Å². The standard InChI is InChI=1S/C58H42N2/c1-3-59-54-25-10-8-18-45(54)52-34-40(28-31-56(52)59)42-20-13-23-48-50(42)36-51-43(41-29-32-57-53(35-41)46-19-9-11-26-55(46)60(57)4-2)21-14-24-49(51)58(48)47-22-12-17-39-33-38(27-30-44(39)47)37-15-6-5-7-16-37/h5-36H,3-4H2,1-2H3. The number of fused-ring (bicyclic) bond motifs is 9. The van der Waals surface area contributed by atoms with Crippen LogP contribution in [0.1, 0.15) is 13.8 Å². The number of hydrogen-bond donors (Lipinski definition) is 0. The predicted octanol–water partition coefficient (Wildman–Crippen LogP) is 16.1. The fraction of sp³-hybridized carbons (Fsp3) is 0.0690. The van der Waals surface area contributed by atoms with E-state index >= 15 is 0 Å². The lowest BCUT2D eigenvalue weighted by molar-refractivity contribution is 0.827. The van der Waals surface area contributed by atoms with Gasteiger partial charge in [-0.3, -0.25) is 0 Å². The van der Waals surface area contributed by atoms with Crippen LogP contribution < -0.4 is 0 Å². The fourth-order valence-electron chi connectivity index (χ4n) is 10.4. The summed E-state index contributed by atoms with van der Waals surface area (Å²) in [6.07, 6.45) is 0. The van der Waals surface area contributed by atoms with Crippen molar-refractivity contribution in [2.24, 2.45) is 0 Å². The molecule has 10 aromatic carbocycles. The van der Waals surface area contributed by atoms with Gasteiger partial charge in [0.1, 0.15) is 0 Å². The van der Waals surface area contributed by atoms with E-state index in [-0.39, 0.29) is 0 Å². The second-order valence-electron chi connectivity index (χ2n) is 16.1. The molecule has 0 unspecified atom stereocenters. The first-order valence-electron chi connectivity index (χ1n) is 21.3. The lowest BCUT2D eigenvalue weighted by Crippen LogP contribution is -1.93. The number of hydrogen-bond acceptors (Lipinski definition) is 0. The van der Waals surface area contributed by atoms with Crippen molar-refractivity contribution in [2.75, 3.05) is 0 Å². The molecule has 0 saturated carbocycles. The van der Waals surface area contributed by atoms with Crippen molar-refractivity contribution < 1.29 is 0 Å². The number of aryl methyl sites for hydroxylation is 2. The van der Waals surface area contributed by atoms with E-state index in [2.05, 4.69) is 217 Å². The molecule has 2 nitrogen and oxygen atoms in total. The molecule has 0 aliphatic heterocycles. The summed E-state index contributed by atoms with van der Waals surface area (Å²) >= 11 is 0. The van der Waals surface area contributed by atoms with Crippen LogP contribution in [0.25, 0.3) is 120 Å². The highest BCUT2D eigenvalue weighted by Crippen LogP contribution is 2.46. The second kappa shape index (κ2) is 13.6. The SMILES string of the molecule is CCn1c2ccccc2c2cc(-c3cccc4c(-c5cccc6cc(-c7ccccc7)ccc56)c5cccc(-c6ccc7c(c6)c6ccccc6n7CC)c5cc34)ccc21. The van der Waals surface area contributed by atoms with Gasteiger partial charge in [-0.15, -0.1) is 0 Å². The summed E-state index contributed by atoms with van der Waals surface area (Å²) in [6.45, 7) is 6.34. The number of benzene rings is 10. The smallest absolute Gasteiger partial charge is 0.0491 e. The Morgan fingerprint density at radius 2 is 0.767 bits per heavy atom. The zero-order valence-electron chi connectivity index (χ0n) is 33.8. The lowest BCUT2D eigenvalue weighted by atomic mass is 9.84. The third-order valence-electron chi connectivity index (χ3n) is 13.1. The number of aromatic nitrogens is 2. The summed E-state index contributed by atoms with van der Waals surface area (Å²) in [6, 6.07) is 72.7. The third-order valence-corrected chi connectivity index (χ3v) is 13.1. The molecule has 0 saturated heterocycles. The van der Waals surface area contributed by atoms with Crippen LogP contribution in [0, 0.1) is 0 Å². The molecule has 0 N–H and O–H groups in total. The third kappa shape index (κ3) is 5.14. The monoisotopic (exact) mass is 766 g/mol. The van der Waals surface area contributed by atoms with Gasteiger partial charge in [0.2, 0.25) is 0 Å². The van der Waals surface area contributed by atoms with E-state index in [1.54, 1.807) is 0 Å². The van der Waals surface area contributed by atoms with Gasteiger partial charge in [0, 0.05) is 56.7 Å². The van der Waals surface area contributed by atoms with E-state index in [4.69, 9.17) is 0 Å². The highest BCUT2D eigenvalue weighted by Gasteiger charge is 2.20. The zero-order chi connectivity index (χ0) is 39.9. The molecule has 0 atom stereocenters. The average Bonchev–Trinajstić information content (AvgIpc) is 3.81. The summed E-state index contributed by atoms with van der Waals surface area (Å²) in [7, 11) is 0. The van der Waals surface area contributed by atoms with Crippen LogP contribution in [0.15, 0.2) is 194 Å². The minimum Gasteiger partial charge on any atom is -0.341 e. The van der Waals surface area contributed by atoms with Crippen molar-refractivity contribution in [3.8, 4) is 44.5 Å². The van der Waals surface area contributed by atoms with Gasteiger partial charge in [0.15, 0.2) is 0 Å². The van der Waals surface area contributed by atoms with Crippen LogP contribution in [-0.4, -0.2) is 9.13 Å². The van der Waals surface area contributed by atoms with E-state index in [1.807, 2.05) is 0 Å². The fourth-order valence-corrected chi connectivity index (χ4v) is 10.4. The van der Waals surface area contributed by atoms with E-state index in [0.29, 0.717) is 0 Å². The van der Waals surface area contributed by atoms with E-state index in [0.717, 1.165) is 13.1 Å². The van der Waals surface area contributed by atoms with Gasteiger partial charge in [-0.2, -0.15) is 0 Å². The van der Waals surface area contributed by atoms with Crippen molar-refractivity contribution in [1.82, 2.24) is 9.13 Å². The van der Waals surface area contributed by atoms with Crippen molar-refractivity contribution in [3.63, 3.8) is 0 Å². The van der Waals surface area contributed by atoms with Crippen molar-refractivity contribution >= 4 is 75.9 Å². The second-order valence-corrected chi connectivity index (χ2v) is 16.1. The lowest BCUT2D eigenvalue weighted by Gasteiger charge is -2.19. The van der Waals surface area contributed by atoms with Crippen LogP contribution >= 0.6 is 0 Å². The van der Waals surface area contributed by atoms with Gasteiger partial charge in [-0.25, -0.2) is 0 Å². The van der Waals surface area contributed by atoms with Crippen molar-refractivity contribution in [1.29, 1.82) is 0 Å². The first-order valence-corrected chi connectivity index (χ1v) is 21.3. The molecule has 0 aliphatic carbocycles. The maximum absolute atomic E-state index is 2.48. The Morgan fingerprint density at radius 3 is 1.35 bits per heavy atom. The maximum atomic E-state index is 2.48. The maximum Gasteiger partial charge on any atom is 0.0491 e. The Kier molecular flexibility index (Phi) is 7.83. The van der Waals surface area contributed by atoms with Crippen LogP contribution in [0.4, 0.5) is 0 Å². The average molecular weight is 767 g/mol. The summed E-state index contributed by atoms with van der Waals surface area (Å²) in [5.74, 6) is 0. The first-order chi connectivity index (χ1) is 29.7. The quantitative estimate of drug-likeness (QED) is 0.149. The molecule has 2 heterocycles. The molecule has 284 valence electrons. The Morgan fingerprint density at radius 1 is 0.283 bits per heavy atom. The largest absolute Gasteiger partial charge is 0.341 e. The molecule has 0 aliphatic rings. The molecule has 12 rings (SSSR count). The van der Waals surface area contributed by atoms with Gasteiger partial charge in [-0.05, 0) is 139 Å². The predicted molar refractivity (Wildman–Crippen MR) is 258 cm³/mol. The molecular formula is C58H42N2. The number of nitrogens with zero attached hydrogens (tertiary/aromatic N) is 2. The number of rotatable bonds is 6. The van der Waals surface area contributed by atoms with Gasteiger partial charge in [-0.1, -0.05) is 146 Å². The topological polar surface area (TPSA) is 9.86 Å². The summed E-state index contributed by atoms with van der Waals surface area (Å²) < 4.78 is 4.88. The highest BCUT2D eigenvalue weighted by atomic mass is 15.0.